The van der Waals surface area contributed by atoms with Gasteiger partial charge >= 0.3 is 0 Å². The fourth-order valence-electron chi connectivity index (χ4n) is 1.65. The van der Waals surface area contributed by atoms with Crippen LogP contribution in [0.15, 0.2) is 16.9 Å². The standard InChI is InChI=1S/C12H14BrClN4O/c1-3-4-18-6-8(5-15-18)12-16-9(7-19-2)10(13)11(14)17-12/h5-6H,3-4,7H2,1-2H3. The van der Waals surface area contributed by atoms with E-state index in [1.165, 1.54) is 0 Å². The minimum atomic E-state index is 0.374. The van der Waals surface area contributed by atoms with Crippen LogP contribution in [0.5, 0.6) is 0 Å². The van der Waals surface area contributed by atoms with E-state index in [4.69, 9.17) is 16.3 Å². The molecule has 0 aliphatic rings. The number of halogens is 2. The number of aromatic nitrogens is 4. The normalized spacial score (nSPS) is 10.9. The summed E-state index contributed by atoms with van der Waals surface area (Å²) >= 11 is 9.45. The van der Waals surface area contributed by atoms with E-state index in [0.717, 1.165) is 24.2 Å². The van der Waals surface area contributed by atoms with Crippen molar-refractivity contribution in [2.45, 2.75) is 26.5 Å². The summed E-state index contributed by atoms with van der Waals surface area (Å²) in [6.07, 6.45) is 4.68. The highest BCUT2D eigenvalue weighted by molar-refractivity contribution is 9.10. The van der Waals surface area contributed by atoms with Gasteiger partial charge in [-0.1, -0.05) is 18.5 Å². The minimum absolute atomic E-state index is 0.374. The predicted octanol–water partition coefficient (Wildman–Crippen LogP) is 3.31. The van der Waals surface area contributed by atoms with Crippen molar-refractivity contribution in [3.8, 4) is 11.4 Å². The topological polar surface area (TPSA) is 52.8 Å². The smallest absolute Gasteiger partial charge is 0.164 e. The summed E-state index contributed by atoms with van der Waals surface area (Å²) in [7, 11) is 1.61. The van der Waals surface area contributed by atoms with Crippen molar-refractivity contribution >= 4 is 27.5 Å². The molecule has 0 aromatic carbocycles. The van der Waals surface area contributed by atoms with Crippen molar-refractivity contribution in [2.24, 2.45) is 0 Å². The number of hydrogen-bond donors (Lipinski definition) is 0. The molecular formula is C12H14BrClN4O. The molecule has 19 heavy (non-hydrogen) atoms. The van der Waals surface area contributed by atoms with Gasteiger partial charge in [0, 0.05) is 19.9 Å². The molecule has 0 atom stereocenters. The second kappa shape index (κ2) is 6.45. The molecule has 2 rings (SSSR count). The molecule has 0 radical (unpaired) electrons. The summed E-state index contributed by atoms with van der Waals surface area (Å²) in [5.41, 5.74) is 1.57. The highest BCUT2D eigenvalue weighted by atomic mass is 79.9. The van der Waals surface area contributed by atoms with E-state index in [0.29, 0.717) is 22.1 Å². The first-order valence-electron chi connectivity index (χ1n) is 5.89. The summed E-state index contributed by atoms with van der Waals surface area (Å²) in [6.45, 7) is 3.35. The average Bonchev–Trinajstić information content (AvgIpc) is 2.84. The molecule has 0 fully saturated rings. The van der Waals surface area contributed by atoms with Crippen molar-refractivity contribution in [3.63, 3.8) is 0 Å². The van der Waals surface area contributed by atoms with Crippen molar-refractivity contribution in [1.29, 1.82) is 0 Å². The van der Waals surface area contributed by atoms with Gasteiger partial charge in [-0.3, -0.25) is 4.68 Å². The van der Waals surface area contributed by atoms with Gasteiger partial charge in [0.1, 0.15) is 5.15 Å². The maximum absolute atomic E-state index is 6.09. The number of nitrogens with zero attached hydrogens (tertiary/aromatic N) is 4. The number of hydrogen-bond acceptors (Lipinski definition) is 4. The quantitative estimate of drug-likeness (QED) is 0.780. The third-order valence-electron chi connectivity index (χ3n) is 2.50. The summed E-state index contributed by atoms with van der Waals surface area (Å²) in [4.78, 5) is 8.70. The molecule has 5 nitrogen and oxygen atoms in total. The maximum Gasteiger partial charge on any atom is 0.164 e. The highest BCUT2D eigenvalue weighted by Gasteiger charge is 2.13. The average molecular weight is 346 g/mol. The van der Waals surface area contributed by atoms with Gasteiger partial charge in [-0.2, -0.15) is 5.10 Å². The van der Waals surface area contributed by atoms with Gasteiger partial charge in [-0.15, -0.1) is 0 Å². The SMILES string of the molecule is CCCn1cc(-c2nc(Cl)c(Br)c(COC)n2)cn1. The van der Waals surface area contributed by atoms with Crippen LogP contribution in [0.3, 0.4) is 0 Å². The van der Waals surface area contributed by atoms with Crippen molar-refractivity contribution < 1.29 is 4.74 Å². The summed E-state index contributed by atoms with van der Waals surface area (Å²) < 4.78 is 7.63. The molecule has 0 N–H and O–H groups in total. The molecule has 2 heterocycles. The third-order valence-corrected chi connectivity index (χ3v) is 3.84. The molecule has 0 aliphatic carbocycles. The number of ether oxygens (including phenoxy) is 1. The van der Waals surface area contributed by atoms with E-state index in [2.05, 4.69) is 37.9 Å². The van der Waals surface area contributed by atoms with Crippen LogP contribution in [-0.2, 0) is 17.9 Å². The van der Waals surface area contributed by atoms with Crippen LogP contribution in [0.25, 0.3) is 11.4 Å². The van der Waals surface area contributed by atoms with E-state index < -0.39 is 0 Å². The lowest BCUT2D eigenvalue weighted by atomic mass is 10.3. The molecule has 0 unspecified atom stereocenters. The van der Waals surface area contributed by atoms with Gasteiger partial charge in [0.05, 0.1) is 28.5 Å². The zero-order valence-corrected chi connectivity index (χ0v) is 13.1. The van der Waals surface area contributed by atoms with Gasteiger partial charge in [0.25, 0.3) is 0 Å². The van der Waals surface area contributed by atoms with Crippen LogP contribution in [0.1, 0.15) is 19.0 Å². The Hall–Kier alpha value is -0.980. The second-order valence-electron chi connectivity index (χ2n) is 4.02. The minimum Gasteiger partial charge on any atom is -0.378 e. The lowest BCUT2D eigenvalue weighted by Gasteiger charge is -2.06. The van der Waals surface area contributed by atoms with Crippen molar-refractivity contribution in [2.75, 3.05) is 7.11 Å². The van der Waals surface area contributed by atoms with E-state index in [1.54, 1.807) is 13.3 Å². The van der Waals surface area contributed by atoms with Crippen LogP contribution in [0, 0.1) is 0 Å². The van der Waals surface area contributed by atoms with Gasteiger partial charge < -0.3 is 4.74 Å². The summed E-state index contributed by atoms with van der Waals surface area (Å²) in [6, 6.07) is 0. The fourth-order valence-corrected chi connectivity index (χ4v) is 2.14. The van der Waals surface area contributed by atoms with Crippen molar-refractivity contribution in [3.05, 3.63) is 27.7 Å². The molecular weight excluding hydrogens is 332 g/mol. The van der Waals surface area contributed by atoms with E-state index in [-0.39, 0.29) is 0 Å². The zero-order valence-electron chi connectivity index (χ0n) is 10.7. The molecule has 102 valence electrons. The first-order valence-corrected chi connectivity index (χ1v) is 7.06. The Morgan fingerprint density at radius 3 is 2.89 bits per heavy atom. The Morgan fingerprint density at radius 2 is 2.21 bits per heavy atom. The van der Waals surface area contributed by atoms with Crippen LogP contribution < -0.4 is 0 Å². The first kappa shape index (κ1) is 14.4. The summed E-state index contributed by atoms with van der Waals surface area (Å²) in [5.74, 6) is 0.558. The highest BCUT2D eigenvalue weighted by Crippen LogP contribution is 2.27. The van der Waals surface area contributed by atoms with Gasteiger partial charge in [0.15, 0.2) is 5.82 Å². The molecule has 2 aromatic heterocycles. The molecule has 0 saturated carbocycles. The Kier molecular flexibility index (Phi) is 4.90. The monoisotopic (exact) mass is 344 g/mol. The van der Waals surface area contributed by atoms with E-state index >= 15 is 0 Å². The molecule has 0 aliphatic heterocycles. The Balaban J connectivity index is 2.37. The number of methoxy groups -OCH3 is 1. The first-order chi connectivity index (χ1) is 9.15. The molecule has 7 heteroatoms. The molecule has 0 spiro atoms. The van der Waals surface area contributed by atoms with E-state index in [9.17, 15) is 0 Å². The Bertz CT molecular complexity index is 573. The fraction of sp³-hybridized carbons (Fsp3) is 0.417. The second-order valence-corrected chi connectivity index (χ2v) is 5.17. The molecule has 0 bridgehead atoms. The predicted molar refractivity (Wildman–Crippen MR) is 77.0 cm³/mol. The van der Waals surface area contributed by atoms with Gasteiger partial charge in [-0.05, 0) is 22.4 Å². The maximum atomic E-state index is 6.09. The van der Waals surface area contributed by atoms with Crippen molar-refractivity contribution in [1.82, 2.24) is 19.7 Å². The van der Waals surface area contributed by atoms with Gasteiger partial charge in [-0.25, -0.2) is 9.97 Å². The lowest BCUT2D eigenvalue weighted by Crippen LogP contribution is -2.00. The Morgan fingerprint density at radius 1 is 1.42 bits per heavy atom. The van der Waals surface area contributed by atoms with Crippen LogP contribution in [0.2, 0.25) is 5.15 Å². The molecule has 0 saturated heterocycles. The molecule has 2 aromatic rings. The Labute approximate surface area is 125 Å². The van der Waals surface area contributed by atoms with Crippen LogP contribution >= 0.6 is 27.5 Å². The lowest BCUT2D eigenvalue weighted by molar-refractivity contribution is 0.181. The van der Waals surface area contributed by atoms with Crippen LogP contribution in [0.4, 0.5) is 0 Å². The zero-order chi connectivity index (χ0) is 13.8. The summed E-state index contributed by atoms with van der Waals surface area (Å²) in [5, 5.41) is 4.64. The number of aryl methyl sites for hydroxylation is 1. The number of rotatable bonds is 5. The largest absolute Gasteiger partial charge is 0.378 e. The van der Waals surface area contributed by atoms with Crippen LogP contribution in [-0.4, -0.2) is 26.9 Å². The van der Waals surface area contributed by atoms with E-state index in [1.807, 2.05) is 10.9 Å². The third kappa shape index (κ3) is 3.32. The molecule has 0 amide bonds. The van der Waals surface area contributed by atoms with Gasteiger partial charge in [0.2, 0.25) is 0 Å².